The molecule has 3 heterocycles. The third-order valence-corrected chi connectivity index (χ3v) is 5.71. The van der Waals surface area contributed by atoms with Crippen LogP contribution in [0.15, 0.2) is 91.6 Å². The number of fused-ring (bicyclic) bond motifs is 1. The van der Waals surface area contributed by atoms with E-state index in [0.717, 1.165) is 0 Å². The largest absolute Gasteiger partial charge is 0.467 e. The van der Waals surface area contributed by atoms with Crippen molar-refractivity contribution in [2.45, 2.75) is 11.4 Å². The van der Waals surface area contributed by atoms with Gasteiger partial charge in [-0.2, -0.15) is 0 Å². The van der Waals surface area contributed by atoms with Crippen molar-refractivity contribution in [2.24, 2.45) is 0 Å². The Hall–Kier alpha value is -3.39. The van der Waals surface area contributed by atoms with Crippen molar-refractivity contribution >= 4 is 26.8 Å². The smallest absolute Gasteiger partial charge is 0.336 e. The molecule has 0 bridgehead atoms. The maximum Gasteiger partial charge on any atom is 0.336 e. The summed E-state index contributed by atoms with van der Waals surface area (Å²) < 4.78 is 38.2. The molecule has 0 radical (unpaired) electrons. The van der Waals surface area contributed by atoms with Gasteiger partial charge >= 0.3 is 5.63 Å². The highest BCUT2D eigenvalue weighted by Gasteiger charge is 2.27. The van der Waals surface area contributed by atoms with E-state index in [1.807, 2.05) is 0 Å². The van der Waals surface area contributed by atoms with Gasteiger partial charge in [-0.05, 0) is 48.5 Å². The number of benzene rings is 1. The minimum Gasteiger partial charge on any atom is -0.467 e. The molecular weight excluding hydrogens is 368 g/mol. The summed E-state index contributed by atoms with van der Waals surface area (Å²) in [6.07, 6.45) is 3.01. The number of rotatable bonds is 5. The van der Waals surface area contributed by atoms with Crippen molar-refractivity contribution in [2.75, 3.05) is 4.31 Å². The van der Waals surface area contributed by atoms with Crippen LogP contribution >= 0.6 is 0 Å². The standard InChI is InChI=1S/C19H14N2O5S/c22-19-9-6-14-12-16(7-8-17(14)26-19)27(23,24)21(13-15-4-3-11-25-15)18-5-1-2-10-20-18/h1-12H,13H2. The van der Waals surface area contributed by atoms with Gasteiger partial charge in [-0.15, -0.1) is 0 Å². The first-order valence-electron chi connectivity index (χ1n) is 8.04. The molecule has 136 valence electrons. The molecule has 4 aromatic rings. The number of sulfonamides is 1. The second kappa shape index (κ2) is 6.73. The van der Waals surface area contributed by atoms with Gasteiger partial charge in [-0.25, -0.2) is 22.5 Å². The van der Waals surface area contributed by atoms with E-state index in [0.29, 0.717) is 16.7 Å². The Morgan fingerprint density at radius 3 is 2.63 bits per heavy atom. The number of furan rings is 1. The van der Waals surface area contributed by atoms with E-state index in [1.54, 1.807) is 30.3 Å². The van der Waals surface area contributed by atoms with E-state index in [4.69, 9.17) is 8.83 Å². The summed E-state index contributed by atoms with van der Waals surface area (Å²) in [4.78, 5) is 15.6. The predicted molar refractivity (Wildman–Crippen MR) is 98.8 cm³/mol. The third kappa shape index (κ3) is 3.34. The van der Waals surface area contributed by atoms with Gasteiger partial charge in [0.15, 0.2) is 0 Å². The maximum absolute atomic E-state index is 13.3. The predicted octanol–water partition coefficient (Wildman–Crippen LogP) is 3.18. The average molecular weight is 382 g/mol. The Morgan fingerprint density at radius 2 is 1.89 bits per heavy atom. The lowest BCUT2D eigenvalue weighted by Crippen LogP contribution is -2.31. The lowest BCUT2D eigenvalue weighted by molar-refractivity contribution is 0.508. The lowest BCUT2D eigenvalue weighted by Gasteiger charge is -2.22. The van der Waals surface area contributed by atoms with E-state index >= 15 is 0 Å². The topological polar surface area (TPSA) is 93.6 Å². The van der Waals surface area contributed by atoms with Crippen LogP contribution in [-0.4, -0.2) is 13.4 Å². The van der Waals surface area contributed by atoms with Crippen molar-refractivity contribution in [1.29, 1.82) is 0 Å². The van der Waals surface area contributed by atoms with Gasteiger partial charge in [0.2, 0.25) is 0 Å². The van der Waals surface area contributed by atoms with Crippen molar-refractivity contribution < 1.29 is 17.3 Å². The van der Waals surface area contributed by atoms with Gasteiger partial charge in [-0.1, -0.05) is 6.07 Å². The molecule has 3 aromatic heterocycles. The summed E-state index contributed by atoms with van der Waals surface area (Å²) >= 11 is 0. The summed E-state index contributed by atoms with van der Waals surface area (Å²) in [6.45, 7) is -0.00570. The van der Waals surface area contributed by atoms with Gasteiger partial charge in [0.25, 0.3) is 10.0 Å². The fourth-order valence-corrected chi connectivity index (χ4v) is 4.09. The molecule has 0 saturated heterocycles. The molecule has 0 amide bonds. The molecule has 0 atom stereocenters. The quantitative estimate of drug-likeness (QED) is 0.492. The Kier molecular flexibility index (Phi) is 4.25. The number of hydrogen-bond donors (Lipinski definition) is 0. The molecule has 0 unspecified atom stereocenters. The van der Waals surface area contributed by atoms with Gasteiger partial charge in [0.05, 0.1) is 17.7 Å². The Labute approximate surface area is 154 Å². The highest BCUT2D eigenvalue weighted by molar-refractivity contribution is 7.92. The molecule has 7 nitrogen and oxygen atoms in total. The molecule has 0 saturated carbocycles. The molecule has 0 aliphatic heterocycles. The highest BCUT2D eigenvalue weighted by atomic mass is 32.2. The molecule has 27 heavy (non-hydrogen) atoms. The molecule has 4 rings (SSSR count). The van der Waals surface area contributed by atoms with Crippen molar-refractivity contribution in [3.05, 3.63) is 89.3 Å². The van der Waals surface area contributed by atoms with Crippen molar-refractivity contribution in [1.82, 2.24) is 4.98 Å². The zero-order valence-electron chi connectivity index (χ0n) is 14.0. The summed E-state index contributed by atoms with van der Waals surface area (Å²) in [5.41, 5.74) is -0.178. The zero-order valence-corrected chi connectivity index (χ0v) is 14.8. The molecule has 0 N–H and O–H groups in total. The maximum atomic E-state index is 13.3. The highest BCUT2D eigenvalue weighted by Crippen LogP contribution is 2.26. The Bertz CT molecular complexity index is 1230. The molecule has 0 spiro atoms. The van der Waals surface area contributed by atoms with Crippen molar-refractivity contribution in [3.8, 4) is 0 Å². The van der Waals surface area contributed by atoms with Crippen LogP contribution < -0.4 is 9.93 Å². The molecule has 8 heteroatoms. The van der Waals surface area contributed by atoms with Crippen molar-refractivity contribution in [3.63, 3.8) is 0 Å². The fraction of sp³-hybridized carbons (Fsp3) is 0.0526. The van der Waals surface area contributed by atoms with Crippen LogP contribution in [0.4, 0.5) is 5.82 Å². The van der Waals surface area contributed by atoms with E-state index in [2.05, 4.69) is 4.98 Å². The van der Waals surface area contributed by atoms with Crippen LogP contribution in [-0.2, 0) is 16.6 Å². The molecule has 1 aromatic carbocycles. The van der Waals surface area contributed by atoms with Crippen LogP contribution in [0.1, 0.15) is 5.76 Å². The number of aromatic nitrogens is 1. The Balaban J connectivity index is 1.82. The SMILES string of the molecule is O=c1ccc2cc(S(=O)(=O)N(Cc3ccco3)c3ccccn3)ccc2o1. The average Bonchev–Trinajstić information content (AvgIpc) is 3.19. The van der Waals surface area contributed by atoms with E-state index < -0.39 is 15.6 Å². The van der Waals surface area contributed by atoms with Gasteiger partial charge in [-0.3, -0.25) is 0 Å². The van der Waals surface area contributed by atoms with E-state index in [1.165, 1.54) is 47.1 Å². The molecule has 0 aliphatic rings. The first kappa shape index (κ1) is 17.0. The monoisotopic (exact) mass is 382 g/mol. The van der Waals surface area contributed by atoms with Gasteiger partial charge in [0, 0.05) is 17.6 Å². The first-order chi connectivity index (χ1) is 13.0. The molecular formula is C19H14N2O5S. The minimum absolute atomic E-state index is 0.00570. The van der Waals surface area contributed by atoms with Crippen LogP contribution in [0.3, 0.4) is 0 Å². The summed E-state index contributed by atoms with van der Waals surface area (Å²) in [5.74, 6) is 0.754. The summed E-state index contributed by atoms with van der Waals surface area (Å²) in [7, 11) is -3.94. The number of anilines is 1. The first-order valence-corrected chi connectivity index (χ1v) is 9.48. The Morgan fingerprint density at radius 1 is 1.00 bits per heavy atom. The third-order valence-electron chi connectivity index (χ3n) is 3.96. The minimum atomic E-state index is -3.94. The second-order valence-electron chi connectivity index (χ2n) is 5.73. The molecule has 0 aliphatic carbocycles. The van der Waals surface area contributed by atoms with Crippen LogP contribution in [0.5, 0.6) is 0 Å². The van der Waals surface area contributed by atoms with Crippen LogP contribution in [0.25, 0.3) is 11.0 Å². The number of hydrogen-bond acceptors (Lipinski definition) is 6. The second-order valence-corrected chi connectivity index (χ2v) is 7.60. The van der Waals surface area contributed by atoms with Gasteiger partial charge in [0.1, 0.15) is 17.2 Å². The molecule has 0 fully saturated rings. The fourth-order valence-electron chi connectivity index (χ4n) is 2.67. The zero-order chi connectivity index (χ0) is 18.9. The summed E-state index contributed by atoms with van der Waals surface area (Å²) in [6, 6.07) is 15.5. The van der Waals surface area contributed by atoms with E-state index in [9.17, 15) is 13.2 Å². The number of nitrogens with zero attached hydrogens (tertiary/aromatic N) is 2. The van der Waals surface area contributed by atoms with Crippen LogP contribution in [0.2, 0.25) is 0 Å². The van der Waals surface area contributed by atoms with E-state index in [-0.39, 0.29) is 17.3 Å². The number of pyridine rings is 1. The van der Waals surface area contributed by atoms with Gasteiger partial charge < -0.3 is 8.83 Å². The lowest BCUT2D eigenvalue weighted by atomic mass is 10.2. The normalized spacial score (nSPS) is 11.6. The summed E-state index contributed by atoms with van der Waals surface area (Å²) in [5, 5.41) is 0.509. The van der Waals surface area contributed by atoms with Crippen LogP contribution in [0, 0.1) is 0 Å².